The average Bonchev–Trinajstić information content (AvgIpc) is 2.46. The van der Waals surface area contributed by atoms with E-state index in [0.717, 1.165) is 19.5 Å². The lowest BCUT2D eigenvalue weighted by atomic mass is 9.87. The number of rotatable bonds is 2. The van der Waals surface area contributed by atoms with Crippen LogP contribution in [-0.4, -0.2) is 97.1 Å². The van der Waals surface area contributed by atoms with E-state index in [1.807, 2.05) is 9.80 Å². The zero-order chi connectivity index (χ0) is 16.1. The highest BCUT2D eigenvalue weighted by Crippen LogP contribution is 2.34. The van der Waals surface area contributed by atoms with Gasteiger partial charge in [0.25, 0.3) is 0 Å². The third kappa shape index (κ3) is 2.83. The van der Waals surface area contributed by atoms with Crippen LogP contribution in [0.3, 0.4) is 0 Å². The molecule has 0 saturated carbocycles. The summed E-state index contributed by atoms with van der Waals surface area (Å²) >= 11 is 0. The van der Waals surface area contributed by atoms with E-state index in [-0.39, 0.29) is 6.03 Å². The van der Waals surface area contributed by atoms with Gasteiger partial charge in [-0.05, 0) is 20.3 Å². The normalized spacial score (nSPS) is 30.5. The molecular formula is C14H26N4O3S. The van der Waals surface area contributed by atoms with Crippen LogP contribution in [0.4, 0.5) is 4.79 Å². The van der Waals surface area contributed by atoms with E-state index >= 15 is 0 Å². The molecular weight excluding hydrogens is 304 g/mol. The molecule has 0 radical (unpaired) electrons. The lowest BCUT2D eigenvalue weighted by Crippen LogP contribution is -2.73. The summed E-state index contributed by atoms with van der Waals surface area (Å²) in [5.41, 5.74) is 0. The molecule has 4 saturated heterocycles. The molecule has 2 atom stereocenters. The van der Waals surface area contributed by atoms with Crippen LogP contribution < -0.4 is 0 Å². The molecule has 4 aliphatic heterocycles. The van der Waals surface area contributed by atoms with Crippen LogP contribution in [0.2, 0.25) is 0 Å². The Morgan fingerprint density at radius 2 is 1.59 bits per heavy atom. The molecule has 0 aromatic rings. The van der Waals surface area contributed by atoms with Gasteiger partial charge in [0.15, 0.2) is 0 Å². The predicted molar refractivity (Wildman–Crippen MR) is 84.1 cm³/mol. The first-order valence-electron chi connectivity index (χ1n) is 8.04. The monoisotopic (exact) mass is 330 g/mol. The maximum absolute atomic E-state index is 12.7. The molecule has 2 bridgehead atoms. The Morgan fingerprint density at radius 3 is 2.05 bits per heavy atom. The Hall–Kier alpha value is -0.860. The van der Waals surface area contributed by atoms with Crippen molar-refractivity contribution in [2.75, 3.05) is 45.5 Å². The number of hydrogen-bond donors (Lipinski definition) is 0. The second kappa shape index (κ2) is 5.65. The minimum Gasteiger partial charge on any atom is -0.322 e. The van der Waals surface area contributed by atoms with Crippen molar-refractivity contribution in [1.82, 2.24) is 19.0 Å². The highest BCUT2D eigenvalue weighted by molar-refractivity contribution is 7.88. The molecule has 4 heterocycles. The Morgan fingerprint density at radius 1 is 1.05 bits per heavy atom. The Labute approximate surface area is 132 Å². The molecule has 7 nitrogen and oxygen atoms in total. The third-order valence-electron chi connectivity index (χ3n) is 5.15. The highest BCUT2D eigenvalue weighted by Gasteiger charge is 2.49. The first-order valence-corrected chi connectivity index (χ1v) is 9.88. The second-order valence-electron chi connectivity index (χ2n) is 6.93. The van der Waals surface area contributed by atoms with Gasteiger partial charge >= 0.3 is 6.03 Å². The van der Waals surface area contributed by atoms with Crippen molar-refractivity contribution >= 4 is 16.1 Å². The summed E-state index contributed by atoms with van der Waals surface area (Å²) in [7, 11) is -3.14. The quantitative estimate of drug-likeness (QED) is 0.706. The second-order valence-corrected chi connectivity index (χ2v) is 8.91. The number of carbonyl (C=O) groups excluding carboxylic acids is 1. The van der Waals surface area contributed by atoms with Crippen molar-refractivity contribution in [2.45, 2.75) is 38.4 Å². The number of piperazine rings is 2. The summed E-state index contributed by atoms with van der Waals surface area (Å²) in [5.74, 6) is 0. The van der Waals surface area contributed by atoms with E-state index < -0.39 is 10.0 Å². The van der Waals surface area contributed by atoms with Gasteiger partial charge in [-0.3, -0.25) is 4.90 Å². The molecule has 126 valence electrons. The van der Waals surface area contributed by atoms with Crippen molar-refractivity contribution in [3.05, 3.63) is 0 Å². The number of nitrogens with zero attached hydrogens (tertiary/aromatic N) is 4. The lowest BCUT2D eigenvalue weighted by Gasteiger charge is -2.58. The number of fused-ring (bicyclic) bond motifs is 2. The molecule has 0 aliphatic carbocycles. The van der Waals surface area contributed by atoms with Gasteiger partial charge in [0.2, 0.25) is 10.0 Å². The third-order valence-corrected chi connectivity index (χ3v) is 6.45. The van der Waals surface area contributed by atoms with E-state index in [1.165, 1.54) is 10.6 Å². The van der Waals surface area contributed by atoms with Crippen LogP contribution in [0.15, 0.2) is 0 Å². The number of urea groups is 1. The molecule has 8 heteroatoms. The topological polar surface area (TPSA) is 64.2 Å². The summed E-state index contributed by atoms with van der Waals surface area (Å²) < 4.78 is 24.5. The number of amides is 2. The lowest BCUT2D eigenvalue weighted by molar-refractivity contribution is -0.0567. The molecule has 4 rings (SSSR count). The largest absolute Gasteiger partial charge is 0.322 e. The molecule has 2 amide bonds. The van der Waals surface area contributed by atoms with Crippen LogP contribution in [0.25, 0.3) is 0 Å². The Bertz CT molecular complexity index is 530. The molecule has 22 heavy (non-hydrogen) atoms. The number of piperidine rings is 1. The number of hydrogen-bond acceptors (Lipinski definition) is 4. The molecule has 4 aliphatic rings. The summed E-state index contributed by atoms with van der Waals surface area (Å²) in [4.78, 5) is 19.0. The van der Waals surface area contributed by atoms with Gasteiger partial charge < -0.3 is 9.80 Å². The van der Waals surface area contributed by atoms with Crippen LogP contribution in [0.5, 0.6) is 0 Å². The van der Waals surface area contributed by atoms with Crippen LogP contribution in [-0.2, 0) is 10.0 Å². The van der Waals surface area contributed by atoms with Crippen LogP contribution in [0, 0.1) is 0 Å². The average molecular weight is 330 g/mol. The van der Waals surface area contributed by atoms with Gasteiger partial charge in [-0.15, -0.1) is 0 Å². The van der Waals surface area contributed by atoms with Crippen LogP contribution in [0.1, 0.15) is 20.3 Å². The Kier molecular flexibility index (Phi) is 4.11. The zero-order valence-electron chi connectivity index (χ0n) is 13.6. The summed E-state index contributed by atoms with van der Waals surface area (Å²) in [6.45, 7) is 8.12. The van der Waals surface area contributed by atoms with Crippen molar-refractivity contribution in [3.8, 4) is 0 Å². The zero-order valence-corrected chi connectivity index (χ0v) is 14.4. The van der Waals surface area contributed by atoms with E-state index in [0.29, 0.717) is 44.3 Å². The van der Waals surface area contributed by atoms with Crippen LogP contribution >= 0.6 is 0 Å². The minimum absolute atomic E-state index is 0.0952. The Balaban J connectivity index is 1.56. The minimum atomic E-state index is -3.14. The first kappa shape index (κ1) is 16.0. The van der Waals surface area contributed by atoms with Crippen molar-refractivity contribution in [3.63, 3.8) is 0 Å². The number of carbonyl (C=O) groups is 1. The molecule has 4 fully saturated rings. The SMILES string of the molecule is CC(C)N1CC2CC(C1)N2C(=O)N1CCN(S(C)(=O)=O)CC1. The smallest absolute Gasteiger partial charge is 0.320 e. The molecule has 0 spiro atoms. The van der Waals surface area contributed by atoms with Crippen molar-refractivity contribution in [2.24, 2.45) is 0 Å². The fourth-order valence-corrected chi connectivity index (χ4v) is 4.58. The van der Waals surface area contributed by atoms with Gasteiger partial charge in [0.05, 0.1) is 6.26 Å². The van der Waals surface area contributed by atoms with Crippen molar-refractivity contribution < 1.29 is 13.2 Å². The van der Waals surface area contributed by atoms with Gasteiger partial charge in [0.1, 0.15) is 0 Å². The fraction of sp³-hybridized carbons (Fsp3) is 0.929. The van der Waals surface area contributed by atoms with Crippen molar-refractivity contribution in [1.29, 1.82) is 0 Å². The predicted octanol–water partition coefficient (Wildman–Crippen LogP) is -0.149. The highest BCUT2D eigenvalue weighted by atomic mass is 32.2. The van der Waals surface area contributed by atoms with E-state index in [9.17, 15) is 13.2 Å². The summed E-state index contributed by atoms with van der Waals surface area (Å²) in [6, 6.07) is 1.29. The standard InChI is InChI=1S/C14H26N4O3S/c1-11(2)16-9-12-8-13(10-16)18(12)14(19)15-4-6-17(7-5-15)22(3,20)21/h11-13H,4-10H2,1-3H3. The van der Waals surface area contributed by atoms with E-state index in [2.05, 4.69) is 18.7 Å². The van der Waals surface area contributed by atoms with E-state index in [4.69, 9.17) is 0 Å². The maximum atomic E-state index is 12.7. The van der Waals surface area contributed by atoms with Gasteiger partial charge in [-0.1, -0.05) is 0 Å². The van der Waals surface area contributed by atoms with Gasteiger partial charge in [0, 0.05) is 57.4 Å². The van der Waals surface area contributed by atoms with Gasteiger partial charge in [-0.25, -0.2) is 13.2 Å². The van der Waals surface area contributed by atoms with Gasteiger partial charge in [-0.2, -0.15) is 4.31 Å². The molecule has 0 aromatic carbocycles. The van der Waals surface area contributed by atoms with E-state index in [1.54, 1.807) is 0 Å². The maximum Gasteiger partial charge on any atom is 0.320 e. The number of sulfonamides is 1. The molecule has 0 N–H and O–H groups in total. The molecule has 0 aromatic heterocycles. The summed E-state index contributed by atoms with van der Waals surface area (Å²) in [5, 5.41) is 0. The fourth-order valence-electron chi connectivity index (χ4n) is 3.75. The summed E-state index contributed by atoms with van der Waals surface area (Å²) in [6.07, 6.45) is 2.34. The first-order chi connectivity index (χ1) is 10.3. The molecule has 2 unspecified atom stereocenters.